The first-order chi connectivity index (χ1) is 11.7. The maximum atomic E-state index is 11.5. The largest absolute Gasteiger partial charge is 0.378 e. The van der Waals surface area contributed by atoms with Gasteiger partial charge in [0.2, 0.25) is 0 Å². The summed E-state index contributed by atoms with van der Waals surface area (Å²) in [7, 11) is -2.85. The van der Waals surface area contributed by atoms with Crippen LogP contribution in [0, 0.1) is 0 Å². The molecule has 25 heavy (non-hydrogen) atoms. The molecule has 0 radical (unpaired) electrons. The van der Waals surface area contributed by atoms with E-state index in [1.807, 2.05) is 17.8 Å². The van der Waals surface area contributed by atoms with E-state index in [0.717, 1.165) is 18.5 Å². The molecule has 1 fully saturated rings. The monoisotopic (exact) mass is 373 g/mol. The summed E-state index contributed by atoms with van der Waals surface area (Å²) >= 11 is 0. The zero-order chi connectivity index (χ0) is 18.5. The topological polar surface area (TPSA) is 103 Å². The van der Waals surface area contributed by atoms with Crippen molar-refractivity contribution in [2.24, 2.45) is 5.73 Å². The molecule has 144 valence electrons. The van der Waals surface area contributed by atoms with Gasteiger partial charge in [-0.3, -0.25) is 4.90 Å². The van der Waals surface area contributed by atoms with E-state index in [1.54, 1.807) is 0 Å². The Kier molecular flexibility index (Phi) is 6.95. The Morgan fingerprint density at radius 2 is 2.04 bits per heavy atom. The van der Waals surface area contributed by atoms with Crippen LogP contribution in [0.5, 0.6) is 0 Å². The molecule has 2 rings (SSSR count). The maximum Gasteiger partial charge on any atom is 0.152 e. The maximum absolute atomic E-state index is 11.5. The second kappa shape index (κ2) is 8.57. The Hall–Kier alpha value is -1.03. The van der Waals surface area contributed by atoms with Gasteiger partial charge in [0.15, 0.2) is 9.84 Å². The van der Waals surface area contributed by atoms with Gasteiger partial charge in [-0.25, -0.2) is 13.1 Å². The Labute approximate surface area is 150 Å². The van der Waals surface area contributed by atoms with E-state index in [4.69, 9.17) is 10.5 Å². The summed E-state index contributed by atoms with van der Waals surface area (Å²) in [5, 5.41) is 8.51. The molecule has 1 aliphatic heterocycles. The summed E-state index contributed by atoms with van der Waals surface area (Å²) in [6.07, 6.45) is 3.81. The number of nitrogens with two attached hydrogens (primary N) is 1. The molecule has 1 aromatic heterocycles. The second-order valence-corrected chi connectivity index (χ2v) is 9.71. The van der Waals surface area contributed by atoms with E-state index in [-0.39, 0.29) is 23.1 Å². The number of aromatic nitrogens is 3. The normalized spacial score (nSPS) is 19.8. The first kappa shape index (κ1) is 20.3. The lowest BCUT2D eigenvalue weighted by atomic mass is 10.0. The number of sulfone groups is 1. The SMILES string of the molecule is CC(CCN)OCCC(C)(C)n1cc(CN2CCS(=O)(=O)CC2)nn1. The quantitative estimate of drug-likeness (QED) is 0.668. The smallest absolute Gasteiger partial charge is 0.152 e. The van der Waals surface area contributed by atoms with Crippen LogP contribution in [-0.4, -0.2) is 72.2 Å². The third-order valence-corrected chi connectivity index (χ3v) is 6.28. The summed E-state index contributed by atoms with van der Waals surface area (Å²) < 4.78 is 30.6. The van der Waals surface area contributed by atoms with Crippen molar-refractivity contribution in [2.45, 2.75) is 51.8 Å². The van der Waals surface area contributed by atoms with Gasteiger partial charge in [-0.2, -0.15) is 0 Å². The predicted octanol–water partition coefficient (Wildman–Crippen LogP) is 0.388. The molecule has 8 nitrogen and oxygen atoms in total. The first-order valence-electron chi connectivity index (χ1n) is 8.88. The van der Waals surface area contributed by atoms with Crippen molar-refractivity contribution in [3.8, 4) is 0 Å². The minimum Gasteiger partial charge on any atom is -0.378 e. The highest BCUT2D eigenvalue weighted by molar-refractivity contribution is 7.91. The number of hydrogen-bond acceptors (Lipinski definition) is 7. The summed E-state index contributed by atoms with van der Waals surface area (Å²) in [6.45, 7) is 9.28. The number of nitrogens with zero attached hydrogens (tertiary/aromatic N) is 4. The van der Waals surface area contributed by atoms with Gasteiger partial charge in [0.1, 0.15) is 0 Å². The average Bonchev–Trinajstić information content (AvgIpc) is 2.99. The molecule has 1 atom stereocenters. The lowest BCUT2D eigenvalue weighted by Crippen LogP contribution is -2.39. The Morgan fingerprint density at radius 1 is 1.36 bits per heavy atom. The van der Waals surface area contributed by atoms with Crippen LogP contribution in [0.25, 0.3) is 0 Å². The van der Waals surface area contributed by atoms with E-state index in [9.17, 15) is 8.42 Å². The molecule has 0 amide bonds. The fraction of sp³-hybridized carbons (Fsp3) is 0.875. The fourth-order valence-corrected chi connectivity index (χ4v) is 4.02. The van der Waals surface area contributed by atoms with Crippen LogP contribution in [0.2, 0.25) is 0 Å². The molecular weight excluding hydrogens is 342 g/mol. The molecule has 2 heterocycles. The highest BCUT2D eigenvalue weighted by atomic mass is 32.2. The zero-order valence-electron chi connectivity index (χ0n) is 15.5. The standard InChI is InChI=1S/C16H31N5O3S/c1-14(4-6-17)24-9-5-16(2,3)21-13-15(18-19-21)12-20-7-10-25(22,23)11-8-20/h13-14H,4-12,17H2,1-3H3. The molecule has 0 aromatic carbocycles. The van der Waals surface area contributed by atoms with E-state index in [2.05, 4.69) is 29.1 Å². The minimum absolute atomic E-state index is 0.169. The van der Waals surface area contributed by atoms with Crippen molar-refractivity contribution in [1.29, 1.82) is 0 Å². The van der Waals surface area contributed by atoms with Crippen molar-refractivity contribution in [3.05, 3.63) is 11.9 Å². The number of hydrogen-bond donors (Lipinski definition) is 1. The molecule has 0 aliphatic carbocycles. The molecule has 0 spiro atoms. The molecule has 0 saturated carbocycles. The van der Waals surface area contributed by atoms with Crippen LogP contribution in [0.15, 0.2) is 6.20 Å². The number of rotatable bonds is 9. The van der Waals surface area contributed by atoms with Gasteiger partial charge in [-0.15, -0.1) is 5.10 Å². The highest BCUT2D eigenvalue weighted by Crippen LogP contribution is 2.20. The van der Waals surface area contributed by atoms with Crippen molar-refractivity contribution in [3.63, 3.8) is 0 Å². The molecule has 1 aliphatic rings. The van der Waals surface area contributed by atoms with E-state index in [1.165, 1.54) is 0 Å². The summed E-state index contributed by atoms with van der Waals surface area (Å²) in [4.78, 5) is 2.11. The van der Waals surface area contributed by atoms with Gasteiger partial charge in [-0.05, 0) is 40.2 Å². The Bertz CT molecular complexity index is 630. The van der Waals surface area contributed by atoms with Crippen LogP contribution < -0.4 is 5.73 Å². The molecule has 9 heteroatoms. The van der Waals surface area contributed by atoms with Gasteiger partial charge >= 0.3 is 0 Å². The lowest BCUT2D eigenvalue weighted by molar-refractivity contribution is 0.0427. The van der Waals surface area contributed by atoms with E-state index < -0.39 is 9.84 Å². The van der Waals surface area contributed by atoms with Crippen LogP contribution in [0.4, 0.5) is 0 Å². The van der Waals surface area contributed by atoms with Crippen LogP contribution in [0.3, 0.4) is 0 Å². The van der Waals surface area contributed by atoms with Crippen LogP contribution in [0.1, 0.15) is 39.3 Å². The van der Waals surface area contributed by atoms with Crippen molar-refractivity contribution < 1.29 is 13.2 Å². The predicted molar refractivity (Wildman–Crippen MR) is 97.0 cm³/mol. The number of ether oxygens (including phenoxy) is 1. The van der Waals surface area contributed by atoms with Gasteiger partial charge in [0, 0.05) is 26.2 Å². The summed E-state index contributed by atoms with van der Waals surface area (Å²) in [5.74, 6) is 0.454. The van der Waals surface area contributed by atoms with Gasteiger partial charge in [-0.1, -0.05) is 5.21 Å². The van der Waals surface area contributed by atoms with Crippen LogP contribution in [-0.2, 0) is 26.7 Å². The molecule has 1 saturated heterocycles. The first-order valence-corrected chi connectivity index (χ1v) is 10.7. The van der Waals surface area contributed by atoms with Crippen molar-refractivity contribution >= 4 is 9.84 Å². The van der Waals surface area contributed by atoms with Gasteiger partial charge in [0.25, 0.3) is 0 Å². The average molecular weight is 374 g/mol. The zero-order valence-corrected chi connectivity index (χ0v) is 16.3. The Morgan fingerprint density at radius 3 is 2.68 bits per heavy atom. The van der Waals surface area contributed by atoms with E-state index in [0.29, 0.717) is 32.8 Å². The van der Waals surface area contributed by atoms with E-state index >= 15 is 0 Å². The van der Waals surface area contributed by atoms with Crippen molar-refractivity contribution in [1.82, 2.24) is 19.9 Å². The lowest BCUT2D eigenvalue weighted by Gasteiger charge is -2.26. The molecule has 2 N–H and O–H groups in total. The van der Waals surface area contributed by atoms with Crippen molar-refractivity contribution in [2.75, 3.05) is 37.7 Å². The van der Waals surface area contributed by atoms with Gasteiger partial charge < -0.3 is 10.5 Å². The third-order valence-electron chi connectivity index (χ3n) is 4.67. The molecule has 1 unspecified atom stereocenters. The van der Waals surface area contributed by atoms with Crippen LogP contribution >= 0.6 is 0 Å². The van der Waals surface area contributed by atoms with Gasteiger partial charge in [0.05, 0.1) is 35.0 Å². The molecule has 0 bridgehead atoms. The minimum atomic E-state index is -2.85. The summed E-state index contributed by atoms with van der Waals surface area (Å²) in [5.41, 5.74) is 6.20. The Balaban J connectivity index is 1.84. The highest BCUT2D eigenvalue weighted by Gasteiger charge is 2.25. The molecule has 1 aromatic rings. The molecular formula is C16H31N5O3S. The summed E-state index contributed by atoms with van der Waals surface area (Å²) in [6, 6.07) is 0. The fourth-order valence-electron chi connectivity index (χ4n) is 2.75. The third kappa shape index (κ3) is 6.32. The second-order valence-electron chi connectivity index (χ2n) is 7.40.